The first kappa shape index (κ1) is 102. The van der Waals surface area contributed by atoms with E-state index in [2.05, 4.69) is 222 Å². The Morgan fingerprint density at radius 1 is 0.384 bits per heavy atom. The fourth-order valence-corrected chi connectivity index (χ4v) is 12.2. The van der Waals surface area contributed by atoms with Crippen LogP contribution in [-0.2, 0) is 104 Å². The molecule has 112 heavy (non-hydrogen) atoms. The van der Waals surface area contributed by atoms with Gasteiger partial charge in [-0.2, -0.15) is 0 Å². The van der Waals surface area contributed by atoms with Gasteiger partial charge in [0.05, 0.1) is 26.3 Å². The smallest absolute Gasteiger partial charge is 0.306 e. The van der Waals surface area contributed by atoms with Crippen LogP contribution in [0, 0.1) is 0 Å². The van der Waals surface area contributed by atoms with E-state index in [1.807, 2.05) is 0 Å². The summed E-state index contributed by atoms with van der Waals surface area (Å²) in [6.07, 6.45) is 17.7. The number of quaternary nitrogens is 1. The number of ether oxygens (including phenoxy) is 6. The maximum Gasteiger partial charge on any atom is 0.306 e. The van der Waals surface area contributed by atoms with Gasteiger partial charge in [-0.3, -0.25) is 38.5 Å². The summed E-state index contributed by atoms with van der Waals surface area (Å²) in [6.45, 7) is 25.1. The van der Waals surface area contributed by atoms with Gasteiger partial charge in [-0.15, -0.1) is 0 Å². The molecule has 0 aliphatic carbocycles. The van der Waals surface area contributed by atoms with Gasteiger partial charge in [0.25, 0.3) is 0 Å². The molecular formula is C94H142N2O16. The molecule has 0 radical (unpaired) electrons. The second kappa shape index (κ2) is 59.3. The zero-order chi connectivity index (χ0) is 81.0. The first-order chi connectivity index (χ1) is 52.6. The van der Waals surface area contributed by atoms with Gasteiger partial charge < -0.3 is 48.3 Å². The van der Waals surface area contributed by atoms with E-state index in [0.29, 0.717) is 0 Å². The van der Waals surface area contributed by atoms with E-state index < -0.39 is 66.4 Å². The lowest BCUT2D eigenvalue weighted by molar-refractivity contribution is -0.907. The molecule has 18 heteroatoms. The zero-order valence-electron chi connectivity index (χ0n) is 68.8. The molecule has 6 rings (SSSR count). The minimum Gasteiger partial charge on any atom is -0.550 e. The second-order valence-electron chi connectivity index (χ2n) is 31.0. The highest BCUT2D eigenvalue weighted by molar-refractivity contribution is 5.86. The Morgan fingerprint density at radius 2 is 0.714 bits per heavy atom. The SMILES string of the molecule is C.C.CCCCCCCC(=O)OCC(COC(=O)CCCCCCC)OC(=O)CCC(=O)O.CCCCCCCC(=O)OCC(COC(=O)CCCCCCC)OC(=O)CCC(=O)[O-].CN(Cc1ccc(C(C)(C)C)cc1)Cc1cccc2ccccc12.C[NH+](Cc1ccc(C(C)(C)C)cc1)Cc1cccc2ccccc12. The van der Waals surface area contributed by atoms with Crippen LogP contribution >= 0.6 is 0 Å². The third-order valence-corrected chi connectivity index (χ3v) is 18.6. The Morgan fingerprint density at radius 3 is 1.07 bits per heavy atom. The largest absolute Gasteiger partial charge is 0.550 e. The third-order valence-electron chi connectivity index (χ3n) is 18.6. The number of hydrogen-bond acceptors (Lipinski definition) is 16. The molecule has 1 unspecified atom stereocenters. The van der Waals surface area contributed by atoms with Gasteiger partial charge in [-0.05, 0) is 93.8 Å². The van der Waals surface area contributed by atoms with Crippen molar-refractivity contribution in [1.82, 2.24) is 4.90 Å². The number of carbonyl (C=O) groups excluding carboxylic acids is 7. The molecule has 0 aromatic heterocycles. The number of unbranched alkanes of at least 4 members (excludes halogenated alkanes) is 16. The van der Waals surface area contributed by atoms with Crippen LogP contribution in [0.15, 0.2) is 133 Å². The van der Waals surface area contributed by atoms with E-state index in [9.17, 15) is 43.5 Å². The molecule has 18 nitrogen and oxygen atoms in total. The lowest BCUT2D eigenvalue weighted by atomic mass is 9.87. The van der Waals surface area contributed by atoms with Gasteiger partial charge >= 0.3 is 41.8 Å². The molecule has 0 bridgehead atoms. The summed E-state index contributed by atoms with van der Waals surface area (Å²) in [7, 11) is 4.47. The number of aliphatic carboxylic acids is 2. The van der Waals surface area contributed by atoms with Crippen LogP contribution in [0.5, 0.6) is 0 Å². The minimum atomic E-state index is -1.36. The van der Waals surface area contributed by atoms with Crippen LogP contribution < -0.4 is 10.0 Å². The fraction of sp³-hybridized carbons (Fsp3) is 0.574. The van der Waals surface area contributed by atoms with Crippen molar-refractivity contribution in [2.45, 2.75) is 313 Å². The number of carboxylic acid groups (broad SMARTS) is 2. The Hall–Kier alpha value is -8.48. The van der Waals surface area contributed by atoms with Gasteiger partial charge in [0.1, 0.15) is 39.5 Å². The van der Waals surface area contributed by atoms with Crippen molar-refractivity contribution in [3.63, 3.8) is 0 Å². The predicted molar refractivity (Wildman–Crippen MR) is 449 cm³/mol. The predicted octanol–water partition coefficient (Wildman–Crippen LogP) is 19.2. The number of carbonyl (C=O) groups is 8. The number of hydrogen-bond donors (Lipinski definition) is 2. The number of nitrogens with one attached hydrogen (secondary N) is 1. The molecule has 2 N–H and O–H groups in total. The maximum absolute atomic E-state index is 11.9. The normalized spacial score (nSPS) is 11.3. The van der Waals surface area contributed by atoms with Gasteiger partial charge in [-0.1, -0.05) is 320 Å². The summed E-state index contributed by atoms with van der Waals surface area (Å²) in [6, 6.07) is 48.7. The van der Waals surface area contributed by atoms with E-state index in [-0.39, 0.29) is 97.1 Å². The van der Waals surface area contributed by atoms with Crippen molar-refractivity contribution >= 4 is 69.3 Å². The third kappa shape index (κ3) is 47.1. The molecule has 0 fully saturated rings. The number of esters is 6. The van der Waals surface area contributed by atoms with Crippen LogP contribution in [-0.4, -0.2) is 110 Å². The highest BCUT2D eigenvalue weighted by atomic mass is 16.6. The molecule has 0 aliphatic heterocycles. The standard InChI is InChI=1S/2C23H27N.2C23H40O8.2CH4/c2*1-23(2,3)21-14-12-18(13-15-21)16-24(4)17-20-10-7-9-19-8-5-6-11-22(19)20;2*1-3-5-7-9-11-13-21(26)29-17-19(31-23(28)16-15-20(24)25)18-30-22(27)14-12-10-8-6-4-2;;/h2*5-15H,16-17H2,1-4H3;2*19H,3-18H2,1-2H3,(H,24,25);2*1H4. The van der Waals surface area contributed by atoms with Crippen molar-refractivity contribution in [3.05, 3.63) is 167 Å². The van der Waals surface area contributed by atoms with Crippen molar-refractivity contribution < 1.29 is 81.9 Å². The van der Waals surface area contributed by atoms with E-state index >= 15 is 0 Å². The molecule has 624 valence electrons. The number of nitrogens with zero attached hydrogens (tertiary/aromatic N) is 1. The first-order valence-electron chi connectivity index (χ1n) is 40.7. The minimum absolute atomic E-state index is 0. The number of benzene rings is 6. The summed E-state index contributed by atoms with van der Waals surface area (Å²) in [5.41, 5.74) is 8.82. The average Bonchev–Trinajstić information content (AvgIpc) is 0.827. The molecule has 6 aromatic rings. The molecule has 0 saturated heterocycles. The van der Waals surface area contributed by atoms with Crippen LogP contribution in [0.1, 0.15) is 297 Å². The lowest BCUT2D eigenvalue weighted by Crippen LogP contribution is -3.06. The fourth-order valence-electron chi connectivity index (χ4n) is 12.2. The second-order valence-corrected chi connectivity index (χ2v) is 31.0. The zero-order valence-corrected chi connectivity index (χ0v) is 68.8. The van der Waals surface area contributed by atoms with Gasteiger partial charge in [0.2, 0.25) is 0 Å². The Bertz CT molecular complexity index is 3290. The molecule has 0 amide bonds. The number of fused-ring (bicyclic) bond motifs is 2. The summed E-state index contributed by atoms with van der Waals surface area (Å²) in [5, 5.41) is 24.6. The Labute approximate surface area is 673 Å². The summed E-state index contributed by atoms with van der Waals surface area (Å²) >= 11 is 0. The van der Waals surface area contributed by atoms with Gasteiger partial charge in [0.15, 0.2) is 12.2 Å². The monoisotopic (exact) mass is 1560 g/mol. The highest BCUT2D eigenvalue weighted by Gasteiger charge is 2.23. The van der Waals surface area contributed by atoms with Crippen molar-refractivity contribution in [3.8, 4) is 0 Å². The van der Waals surface area contributed by atoms with Crippen molar-refractivity contribution in [2.24, 2.45) is 0 Å². The summed E-state index contributed by atoms with van der Waals surface area (Å²) < 4.78 is 31.0. The molecule has 6 aromatic carbocycles. The number of carboxylic acids is 2. The van der Waals surface area contributed by atoms with Crippen LogP contribution in [0.25, 0.3) is 21.5 Å². The van der Waals surface area contributed by atoms with Gasteiger partial charge in [0, 0.05) is 55.9 Å². The van der Waals surface area contributed by atoms with Crippen LogP contribution in [0.2, 0.25) is 0 Å². The molecule has 0 saturated carbocycles. The van der Waals surface area contributed by atoms with Crippen LogP contribution in [0.4, 0.5) is 0 Å². The van der Waals surface area contributed by atoms with E-state index in [4.69, 9.17) is 33.5 Å². The van der Waals surface area contributed by atoms with Crippen molar-refractivity contribution in [2.75, 3.05) is 40.5 Å². The molecule has 0 spiro atoms. The van der Waals surface area contributed by atoms with Crippen molar-refractivity contribution in [1.29, 1.82) is 0 Å². The number of rotatable bonds is 48. The maximum atomic E-state index is 11.9. The highest BCUT2D eigenvalue weighted by Crippen LogP contribution is 2.26. The van der Waals surface area contributed by atoms with E-state index in [1.165, 1.54) is 59.8 Å². The summed E-state index contributed by atoms with van der Waals surface area (Å²) in [4.78, 5) is 96.2. The van der Waals surface area contributed by atoms with E-state index in [0.717, 1.165) is 155 Å². The first-order valence-corrected chi connectivity index (χ1v) is 40.7. The topological polar surface area (TPSA) is 243 Å². The average molecular weight is 1560 g/mol. The molecule has 1 atom stereocenters. The molecular weight excluding hydrogens is 1410 g/mol. The lowest BCUT2D eigenvalue weighted by Gasteiger charge is -2.21. The summed E-state index contributed by atoms with van der Waals surface area (Å²) in [5.74, 6) is -5.60. The van der Waals surface area contributed by atoms with Gasteiger partial charge in [-0.25, -0.2) is 0 Å². The Kier molecular flexibility index (Phi) is 53.7. The van der Waals surface area contributed by atoms with E-state index in [1.54, 1.807) is 0 Å². The van der Waals surface area contributed by atoms with Crippen LogP contribution in [0.3, 0.4) is 0 Å². The molecule has 0 heterocycles. The Balaban J connectivity index is 0.000000746. The molecule has 0 aliphatic rings. The quantitative estimate of drug-likeness (QED) is 0.0205.